The van der Waals surface area contributed by atoms with Gasteiger partial charge in [0.05, 0.1) is 65.4 Å². The second kappa shape index (κ2) is 24.7. The third-order valence-electron chi connectivity index (χ3n) is 12.2. The number of amides is 2. The van der Waals surface area contributed by atoms with Gasteiger partial charge in [0.15, 0.2) is 23.0 Å². The number of non-ortho nitro benzene ring substituents is 1. The number of Topliss-reactive ketones (excluding diaryl/α,β-unsaturated/α-hetero) is 1. The van der Waals surface area contributed by atoms with Crippen LogP contribution in [0.25, 0.3) is 0 Å². The lowest BCUT2D eigenvalue weighted by Gasteiger charge is -2.34. The SMILES string of the molecule is COc1ccc(C2C(=O)C(=CC3=[N+](CCCCCC(=O)NC(CSOOO)C(=O)NCCOc4cc([N+](=O)[O-])c(C(C)OC(=O)Oc5ccc([N+](=O)[O-])cc5)cc4OC)c4ccc(F)cc4C3(C)C)C2O)cc1. The molecule has 1 heterocycles. The zero-order chi connectivity index (χ0) is 53.0. The third-order valence-corrected chi connectivity index (χ3v) is 12.8. The van der Waals surface area contributed by atoms with Crippen molar-refractivity contribution in [2.45, 2.75) is 76.0 Å². The molecule has 4 N–H and O–H groups in total. The summed E-state index contributed by atoms with van der Waals surface area (Å²) in [5.74, 6) is -2.22. The number of ketones is 1. The Bertz CT molecular complexity index is 2770. The zero-order valence-corrected chi connectivity index (χ0v) is 41.0. The van der Waals surface area contributed by atoms with Gasteiger partial charge in [0, 0.05) is 60.3 Å². The van der Waals surface area contributed by atoms with Crippen molar-refractivity contribution in [3.05, 3.63) is 133 Å². The quantitative estimate of drug-likeness (QED) is 0.00584. The molecule has 0 bridgehead atoms. The summed E-state index contributed by atoms with van der Waals surface area (Å²) in [6.07, 6.45) is -0.271. The Morgan fingerprint density at radius 1 is 0.932 bits per heavy atom. The molecule has 73 heavy (non-hydrogen) atoms. The molecular formula is C49H53FN5O17S+. The molecule has 4 atom stereocenters. The molecule has 6 rings (SSSR count). The summed E-state index contributed by atoms with van der Waals surface area (Å²) in [5.41, 5.74) is 1.55. The van der Waals surface area contributed by atoms with Gasteiger partial charge in [-0.25, -0.2) is 14.4 Å². The highest BCUT2D eigenvalue weighted by Crippen LogP contribution is 2.44. The fraction of sp³-hybridized carbons (Fsp3) is 0.367. The second-order valence-corrected chi connectivity index (χ2v) is 17.9. The molecule has 2 amide bonds. The molecular weight excluding hydrogens is 982 g/mol. The minimum absolute atomic E-state index is 0.0126. The molecule has 2 aliphatic rings. The number of carbonyl (C=O) groups is 4. The highest BCUT2D eigenvalue weighted by atomic mass is 32.2. The molecule has 22 nitrogen and oxygen atoms in total. The number of rotatable bonds is 25. The normalized spacial score (nSPS) is 16.9. The molecule has 1 aliphatic carbocycles. The number of aliphatic hydroxyl groups is 1. The Hall–Kier alpha value is -7.51. The van der Waals surface area contributed by atoms with Crippen LogP contribution in [0.2, 0.25) is 0 Å². The van der Waals surface area contributed by atoms with Crippen molar-refractivity contribution in [3.63, 3.8) is 0 Å². The number of hydrogen-bond donors (Lipinski definition) is 4. The lowest BCUT2D eigenvalue weighted by Crippen LogP contribution is -2.49. The molecule has 4 aromatic carbocycles. The number of nitrogens with one attached hydrogen (secondary N) is 2. The number of ether oxygens (including phenoxy) is 5. The van der Waals surface area contributed by atoms with Crippen LogP contribution >= 0.6 is 12.0 Å². The van der Waals surface area contributed by atoms with E-state index >= 15 is 0 Å². The zero-order valence-electron chi connectivity index (χ0n) is 40.2. The van der Waals surface area contributed by atoms with Gasteiger partial charge in [-0.1, -0.05) is 17.2 Å². The van der Waals surface area contributed by atoms with Gasteiger partial charge >= 0.3 is 6.16 Å². The van der Waals surface area contributed by atoms with Crippen molar-refractivity contribution in [1.82, 2.24) is 10.6 Å². The number of unbranched alkanes of at least 4 members (excludes halogenated alkanes) is 2. The van der Waals surface area contributed by atoms with E-state index in [2.05, 4.69) is 20.0 Å². The number of allylic oxidation sites excluding steroid dienone is 1. The van der Waals surface area contributed by atoms with Crippen LogP contribution in [0.5, 0.6) is 23.0 Å². The summed E-state index contributed by atoms with van der Waals surface area (Å²) in [6.45, 7) is 5.25. The van der Waals surface area contributed by atoms with Crippen molar-refractivity contribution in [3.8, 4) is 23.0 Å². The van der Waals surface area contributed by atoms with Crippen LogP contribution in [0.4, 0.5) is 26.2 Å². The second-order valence-electron chi connectivity index (χ2n) is 17.2. The summed E-state index contributed by atoms with van der Waals surface area (Å²) in [7, 11) is 2.81. The number of halogens is 1. The van der Waals surface area contributed by atoms with Crippen molar-refractivity contribution in [1.29, 1.82) is 0 Å². The number of carbonyl (C=O) groups excluding carboxylic acids is 4. The van der Waals surface area contributed by atoms with E-state index < -0.39 is 68.9 Å². The highest BCUT2D eigenvalue weighted by Gasteiger charge is 2.50. The lowest BCUT2D eigenvalue weighted by molar-refractivity contribution is -0.438. The molecule has 0 saturated heterocycles. The van der Waals surface area contributed by atoms with Crippen LogP contribution < -0.4 is 29.6 Å². The summed E-state index contributed by atoms with van der Waals surface area (Å²) in [6, 6.07) is 17.1. The van der Waals surface area contributed by atoms with Gasteiger partial charge in [0.2, 0.25) is 17.5 Å². The number of methoxy groups -OCH3 is 2. The van der Waals surface area contributed by atoms with Crippen LogP contribution in [0.15, 0.2) is 90.5 Å². The van der Waals surface area contributed by atoms with Crippen LogP contribution in [-0.4, -0.2) is 106 Å². The van der Waals surface area contributed by atoms with Gasteiger partial charge < -0.3 is 39.4 Å². The van der Waals surface area contributed by atoms with E-state index in [4.69, 9.17) is 28.9 Å². The molecule has 4 aromatic rings. The predicted molar refractivity (Wildman–Crippen MR) is 258 cm³/mol. The first-order valence-electron chi connectivity index (χ1n) is 22.7. The maximum atomic E-state index is 14.6. The first-order valence-corrected chi connectivity index (χ1v) is 23.6. The molecule has 388 valence electrons. The summed E-state index contributed by atoms with van der Waals surface area (Å²) in [4.78, 5) is 74.1. The average molecular weight is 1040 g/mol. The van der Waals surface area contributed by atoms with Crippen molar-refractivity contribution >= 4 is 58.6 Å². The van der Waals surface area contributed by atoms with E-state index in [1.165, 1.54) is 51.5 Å². The minimum Gasteiger partial charge on any atom is -0.497 e. The highest BCUT2D eigenvalue weighted by molar-refractivity contribution is 7.94. The van der Waals surface area contributed by atoms with Gasteiger partial charge in [-0.15, -0.1) is 4.33 Å². The first kappa shape index (κ1) is 54.8. The third kappa shape index (κ3) is 13.3. The van der Waals surface area contributed by atoms with E-state index in [-0.39, 0.29) is 65.2 Å². The molecule has 24 heteroatoms. The monoisotopic (exact) mass is 1030 g/mol. The van der Waals surface area contributed by atoms with Crippen LogP contribution in [0.3, 0.4) is 0 Å². The van der Waals surface area contributed by atoms with Gasteiger partial charge in [-0.05, 0) is 81.6 Å². The first-order chi connectivity index (χ1) is 34.9. The fourth-order valence-electron chi connectivity index (χ4n) is 8.39. The fourth-order valence-corrected chi connectivity index (χ4v) is 8.86. The number of hydrogen-bond acceptors (Lipinski definition) is 18. The number of nitro groups is 2. The Morgan fingerprint density at radius 2 is 1.64 bits per heavy atom. The van der Waals surface area contributed by atoms with E-state index in [0.29, 0.717) is 54.9 Å². The average Bonchev–Trinajstić information content (AvgIpc) is 3.57. The van der Waals surface area contributed by atoms with Gasteiger partial charge in [-0.3, -0.25) is 34.6 Å². The number of fused-ring (bicyclic) bond motifs is 1. The van der Waals surface area contributed by atoms with Gasteiger partial charge in [-0.2, -0.15) is 4.58 Å². The topological polar surface area (TPSA) is 287 Å². The number of nitro benzene ring substituents is 2. The largest absolute Gasteiger partial charge is 0.514 e. The summed E-state index contributed by atoms with van der Waals surface area (Å²) in [5, 5.41) is 51.8. The van der Waals surface area contributed by atoms with Crippen molar-refractivity contribution in [2.75, 3.05) is 39.7 Å². The smallest absolute Gasteiger partial charge is 0.497 e. The minimum atomic E-state index is -1.24. The molecule has 0 spiro atoms. The number of nitrogens with zero attached hydrogens (tertiary/aromatic N) is 3. The molecule has 0 radical (unpaired) electrons. The van der Waals surface area contributed by atoms with Crippen molar-refractivity contribution in [2.24, 2.45) is 0 Å². The van der Waals surface area contributed by atoms with E-state index in [1.807, 2.05) is 18.4 Å². The molecule has 1 aliphatic heterocycles. The predicted octanol–water partition coefficient (Wildman–Crippen LogP) is 7.28. The van der Waals surface area contributed by atoms with Crippen molar-refractivity contribution < 1.29 is 81.4 Å². The Morgan fingerprint density at radius 3 is 2.29 bits per heavy atom. The van der Waals surface area contributed by atoms with Gasteiger partial charge in [0.1, 0.15) is 42.6 Å². The molecule has 0 aromatic heterocycles. The summed E-state index contributed by atoms with van der Waals surface area (Å²) < 4.78 is 47.6. The van der Waals surface area contributed by atoms with Crippen LogP contribution in [0, 0.1) is 26.0 Å². The number of benzene rings is 4. The van der Waals surface area contributed by atoms with E-state index in [0.717, 1.165) is 29.4 Å². The summed E-state index contributed by atoms with van der Waals surface area (Å²) >= 11 is 0.539. The number of aliphatic hydroxyl groups excluding tert-OH is 1. The molecule has 4 unspecified atom stereocenters. The van der Waals surface area contributed by atoms with Crippen LogP contribution in [0.1, 0.15) is 75.2 Å². The maximum absolute atomic E-state index is 14.6. The Balaban J connectivity index is 1.02. The Labute approximate surface area is 421 Å². The molecule has 1 saturated carbocycles. The molecule has 1 fully saturated rings. The van der Waals surface area contributed by atoms with E-state index in [9.17, 15) is 48.9 Å². The lowest BCUT2D eigenvalue weighted by atomic mass is 9.70. The maximum Gasteiger partial charge on any atom is 0.514 e. The standard InChI is InChI=1S/C49H52FN5O17S/c1-28(69-48(60)70-33-17-13-31(14-18-33)54(61)62)34-24-40(67-5)41(26-39(34)55(63)64)68-22-20-51-47(59)37(27-73-72-71-65)52-43(56)9-7-6-8-21-53-38-19-12-30(50)23-36(38)49(2,3)42(53)25-35-45(57)44(46(35)58)29-10-15-32(66-4)16-11-29/h10-19,23-26,28,37,44-45,57H,6-9,20-22,27H2,1-5H3,(H2-,51,52,56,59,65)/p+1. The van der Waals surface area contributed by atoms with Gasteiger partial charge in [0.25, 0.3) is 11.4 Å². The Kier molecular flexibility index (Phi) is 18.6. The van der Waals surface area contributed by atoms with E-state index in [1.54, 1.807) is 36.4 Å². The van der Waals surface area contributed by atoms with Crippen LogP contribution in [-0.2, 0) is 33.9 Å².